The van der Waals surface area contributed by atoms with Crippen molar-refractivity contribution in [2.45, 2.75) is 19.3 Å². The standard InChI is InChI=1S/C34H25N/c1-34(2)30-15-6-5-13-29(30)32-26(14-8-16-31(32)34)23-10-7-11-24(21-23)33-28-18-17-22-9-3-4-12-25(22)27(28)19-20-35-33/h3-21H,1-2H3. The third-order valence-electron chi connectivity index (χ3n) is 7.73. The van der Waals surface area contributed by atoms with Crippen LogP contribution in [0.5, 0.6) is 0 Å². The number of rotatable bonds is 2. The number of hydrogen-bond acceptors (Lipinski definition) is 1. The summed E-state index contributed by atoms with van der Waals surface area (Å²) in [6, 6.07) is 39.6. The van der Waals surface area contributed by atoms with E-state index in [2.05, 4.69) is 123 Å². The van der Waals surface area contributed by atoms with Gasteiger partial charge in [0.05, 0.1) is 5.69 Å². The van der Waals surface area contributed by atoms with Crippen molar-refractivity contribution in [3.8, 4) is 33.5 Å². The zero-order valence-corrected chi connectivity index (χ0v) is 19.9. The van der Waals surface area contributed by atoms with E-state index < -0.39 is 0 Å². The van der Waals surface area contributed by atoms with Gasteiger partial charge in [0, 0.05) is 22.6 Å². The van der Waals surface area contributed by atoms with Gasteiger partial charge in [-0.1, -0.05) is 111 Å². The Bertz CT molecular complexity index is 1770. The van der Waals surface area contributed by atoms with Crippen molar-refractivity contribution < 1.29 is 0 Å². The van der Waals surface area contributed by atoms with Crippen LogP contribution in [-0.4, -0.2) is 4.98 Å². The molecule has 0 aliphatic heterocycles. The van der Waals surface area contributed by atoms with E-state index in [1.54, 1.807) is 0 Å². The molecule has 0 fully saturated rings. The lowest BCUT2D eigenvalue weighted by molar-refractivity contribution is 0.660. The van der Waals surface area contributed by atoms with Gasteiger partial charge in [0.1, 0.15) is 0 Å². The number of pyridine rings is 1. The first kappa shape index (κ1) is 20.2. The van der Waals surface area contributed by atoms with Gasteiger partial charge in [0.2, 0.25) is 0 Å². The highest BCUT2D eigenvalue weighted by molar-refractivity contribution is 6.11. The van der Waals surface area contributed by atoms with Crippen LogP contribution in [0.15, 0.2) is 115 Å². The minimum absolute atomic E-state index is 0.00219. The normalized spacial score (nSPS) is 13.7. The van der Waals surface area contributed by atoms with Gasteiger partial charge in [-0.2, -0.15) is 0 Å². The monoisotopic (exact) mass is 447 g/mol. The molecule has 0 atom stereocenters. The second-order valence-electron chi connectivity index (χ2n) is 10.0. The molecule has 1 aromatic heterocycles. The second-order valence-corrected chi connectivity index (χ2v) is 10.0. The molecule has 0 spiro atoms. The first-order valence-corrected chi connectivity index (χ1v) is 12.2. The molecule has 5 aromatic carbocycles. The average molecular weight is 448 g/mol. The molecular weight excluding hydrogens is 422 g/mol. The van der Waals surface area contributed by atoms with Gasteiger partial charge in [-0.05, 0) is 61.7 Å². The van der Waals surface area contributed by atoms with Crippen LogP contribution >= 0.6 is 0 Å². The van der Waals surface area contributed by atoms with Crippen LogP contribution in [0.25, 0.3) is 55.1 Å². The molecule has 6 aromatic rings. The van der Waals surface area contributed by atoms with Crippen LogP contribution in [0.2, 0.25) is 0 Å². The Morgan fingerprint density at radius 1 is 0.543 bits per heavy atom. The van der Waals surface area contributed by atoms with Crippen LogP contribution in [-0.2, 0) is 5.41 Å². The zero-order valence-electron chi connectivity index (χ0n) is 19.9. The summed E-state index contributed by atoms with van der Waals surface area (Å²) in [5.41, 5.74) is 10.2. The van der Waals surface area contributed by atoms with E-state index in [9.17, 15) is 0 Å². The third-order valence-corrected chi connectivity index (χ3v) is 7.73. The Labute approximate surface area is 205 Å². The molecule has 0 saturated heterocycles. The van der Waals surface area contributed by atoms with Gasteiger partial charge >= 0.3 is 0 Å². The average Bonchev–Trinajstić information content (AvgIpc) is 3.15. The van der Waals surface area contributed by atoms with Crippen LogP contribution in [0, 0.1) is 0 Å². The van der Waals surface area contributed by atoms with E-state index in [0.717, 1.165) is 11.3 Å². The molecule has 1 aliphatic carbocycles. The van der Waals surface area contributed by atoms with Gasteiger partial charge in [0.15, 0.2) is 0 Å². The summed E-state index contributed by atoms with van der Waals surface area (Å²) in [6.07, 6.45) is 1.94. The fourth-order valence-corrected chi connectivity index (χ4v) is 6.00. The second kappa shape index (κ2) is 7.38. The highest BCUT2D eigenvalue weighted by Gasteiger charge is 2.36. The SMILES string of the molecule is CC1(C)c2ccccc2-c2c(-c3cccc(-c4nccc5c4ccc4ccccc45)c3)cccc21. The molecule has 0 N–H and O–H groups in total. The topological polar surface area (TPSA) is 12.9 Å². The van der Waals surface area contributed by atoms with Crippen LogP contribution in [0.3, 0.4) is 0 Å². The Morgan fingerprint density at radius 2 is 1.29 bits per heavy atom. The fourth-order valence-electron chi connectivity index (χ4n) is 6.00. The van der Waals surface area contributed by atoms with Crippen molar-refractivity contribution in [3.05, 3.63) is 127 Å². The molecule has 0 bridgehead atoms. The maximum atomic E-state index is 4.85. The molecule has 1 nitrogen and oxygen atoms in total. The summed E-state index contributed by atoms with van der Waals surface area (Å²) in [4.78, 5) is 4.85. The molecular formula is C34H25N. The Kier molecular flexibility index (Phi) is 4.25. The van der Waals surface area contributed by atoms with Gasteiger partial charge in [-0.25, -0.2) is 0 Å². The first-order valence-electron chi connectivity index (χ1n) is 12.2. The summed E-state index contributed by atoms with van der Waals surface area (Å²) >= 11 is 0. The van der Waals surface area contributed by atoms with E-state index in [1.807, 2.05) is 6.20 Å². The molecule has 0 radical (unpaired) electrons. The molecule has 166 valence electrons. The van der Waals surface area contributed by atoms with Crippen molar-refractivity contribution in [1.29, 1.82) is 0 Å². The number of hydrogen-bond donors (Lipinski definition) is 0. The van der Waals surface area contributed by atoms with Crippen LogP contribution in [0.1, 0.15) is 25.0 Å². The molecule has 1 heteroatoms. The smallest absolute Gasteiger partial charge is 0.0780 e. The van der Waals surface area contributed by atoms with E-state index in [4.69, 9.17) is 4.98 Å². The van der Waals surface area contributed by atoms with E-state index >= 15 is 0 Å². The molecule has 7 rings (SSSR count). The Morgan fingerprint density at radius 3 is 2.23 bits per heavy atom. The molecule has 0 amide bonds. The van der Waals surface area contributed by atoms with Crippen LogP contribution < -0.4 is 0 Å². The largest absolute Gasteiger partial charge is 0.256 e. The lowest BCUT2D eigenvalue weighted by Gasteiger charge is -2.21. The van der Waals surface area contributed by atoms with Gasteiger partial charge in [-0.3, -0.25) is 4.98 Å². The highest BCUT2D eigenvalue weighted by atomic mass is 14.7. The molecule has 0 unspecified atom stereocenters. The van der Waals surface area contributed by atoms with Crippen molar-refractivity contribution in [3.63, 3.8) is 0 Å². The summed E-state index contributed by atoms with van der Waals surface area (Å²) < 4.78 is 0. The van der Waals surface area contributed by atoms with Crippen molar-refractivity contribution in [2.75, 3.05) is 0 Å². The summed E-state index contributed by atoms with van der Waals surface area (Å²) in [5, 5.41) is 4.96. The lowest BCUT2D eigenvalue weighted by atomic mass is 9.82. The van der Waals surface area contributed by atoms with Crippen molar-refractivity contribution >= 4 is 21.5 Å². The van der Waals surface area contributed by atoms with E-state index in [0.29, 0.717) is 0 Å². The molecule has 35 heavy (non-hydrogen) atoms. The van der Waals surface area contributed by atoms with Gasteiger partial charge in [0.25, 0.3) is 0 Å². The van der Waals surface area contributed by atoms with Gasteiger partial charge in [-0.15, -0.1) is 0 Å². The highest BCUT2D eigenvalue weighted by Crippen LogP contribution is 2.52. The number of fused-ring (bicyclic) bond motifs is 6. The molecule has 0 saturated carbocycles. The quantitative estimate of drug-likeness (QED) is 0.241. The maximum absolute atomic E-state index is 4.85. The summed E-state index contributed by atoms with van der Waals surface area (Å²) in [7, 11) is 0. The maximum Gasteiger partial charge on any atom is 0.0780 e. The molecule has 1 aliphatic rings. The zero-order chi connectivity index (χ0) is 23.6. The Hall–Kier alpha value is -4.23. The van der Waals surface area contributed by atoms with Gasteiger partial charge < -0.3 is 0 Å². The summed E-state index contributed by atoms with van der Waals surface area (Å²) in [5.74, 6) is 0. The minimum atomic E-state index is -0.00219. The van der Waals surface area contributed by atoms with E-state index in [1.165, 1.54) is 54.9 Å². The predicted molar refractivity (Wildman–Crippen MR) is 148 cm³/mol. The molecule has 1 heterocycles. The van der Waals surface area contributed by atoms with Crippen molar-refractivity contribution in [1.82, 2.24) is 4.98 Å². The fraction of sp³-hybridized carbons (Fsp3) is 0.0882. The lowest BCUT2D eigenvalue weighted by Crippen LogP contribution is -2.14. The first-order chi connectivity index (χ1) is 17.1. The summed E-state index contributed by atoms with van der Waals surface area (Å²) in [6.45, 7) is 4.67. The Balaban J connectivity index is 1.44. The third kappa shape index (κ3) is 2.91. The van der Waals surface area contributed by atoms with Crippen molar-refractivity contribution in [2.24, 2.45) is 0 Å². The minimum Gasteiger partial charge on any atom is -0.256 e. The number of aromatic nitrogens is 1. The van der Waals surface area contributed by atoms with E-state index in [-0.39, 0.29) is 5.41 Å². The van der Waals surface area contributed by atoms with Crippen LogP contribution in [0.4, 0.5) is 0 Å². The number of nitrogens with zero attached hydrogens (tertiary/aromatic N) is 1. The number of benzene rings is 5. The predicted octanol–water partition coefficient (Wildman–Crippen LogP) is 9.03.